The molecule has 2 amide bonds. The third-order valence-electron chi connectivity index (χ3n) is 6.62. The Hall–Kier alpha value is -4.45. The lowest BCUT2D eigenvalue weighted by molar-refractivity contribution is -0.384. The van der Waals surface area contributed by atoms with Crippen LogP contribution in [0.4, 0.5) is 11.4 Å². The number of nitrogens with one attached hydrogen (secondary N) is 1. The Bertz CT molecular complexity index is 1460. The van der Waals surface area contributed by atoms with Crippen molar-refractivity contribution in [3.05, 3.63) is 94.5 Å². The van der Waals surface area contributed by atoms with Crippen LogP contribution in [0.15, 0.2) is 83.8 Å². The van der Waals surface area contributed by atoms with E-state index in [9.17, 15) is 28.1 Å². The summed E-state index contributed by atoms with van der Waals surface area (Å²) in [6.07, 6.45) is 0.681. The minimum absolute atomic E-state index is 0.00603. The normalized spacial score (nSPS) is 12.6. The molecule has 0 saturated heterocycles. The van der Waals surface area contributed by atoms with Gasteiger partial charge in [0.15, 0.2) is 0 Å². The van der Waals surface area contributed by atoms with Gasteiger partial charge in [0, 0.05) is 24.7 Å². The molecule has 0 aliphatic heterocycles. The van der Waals surface area contributed by atoms with Gasteiger partial charge in [-0.15, -0.1) is 0 Å². The Kier molecular flexibility index (Phi) is 10.4. The lowest BCUT2D eigenvalue weighted by Crippen LogP contribution is -2.52. The fraction of sp³-hybridized carbons (Fsp3) is 0.310. The molecule has 0 unspecified atom stereocenters. The molecular formula is C29H34N4O7S. The number of nitrogens with zero attached hydrogens (tertiary/aromatic N) is 3. The smallest absolute Gasteiger partial charge is 0.271 e. The predicted molar refractivity (Wildman–Crippen MR) is 155 cm³/mol. The quantitative estimate of drug-likeness (QED) is 0.236. The van der Waals surface area contributed by atoms with Gasteiger partial charge in [-0.25, -0.2) is 8.42 Å². The summed E-state index contributed by atoms with van der Waals surface area (Å²) >= 11 is 0. The predicted octanol–water partition coefficient (Wildman–Crippen LogP) is 4.13. The summed E-state index contributed by atoms with van der Waals surface area (Å²) < 4.78 is 33.6. The van der Waals surface area contributed by atoms with Crippen molar-refractivity contribution in [3.63, 3.8) is 0 Å². The topological polar surface area (TPSA) is 139 Å². The van der Waals surface area contributed by atoms with Gasteiger partial charge in [0.1, 0.15) is 18.3 Å². The summed E-state index contributed by atoms with van der Waals surface area (Å²) in [6.45, 7) is 4.64. The van der Waals surface area contributed by atoms with E-state index >= 15 is 0 Å². The molecular weight excluding hydrogens is 548 g/mol. The highest BCUT2D eigenvalue weighted by Gasteiger charge is 2.33. The summed E-state index contributed by atoms with van der Waals surface area (Å²) in [4.78, 5) is 39.1. The van der Waals surface area contributed by atoms with Crippen LogP contribution in [0, 0.1) is 10.1 Å². The van der Waals surface area contributed by atoms with Crippen molar-refractivity contribution in [3.8, 4) is 5.75 Å². The molecule has 41 heavy (non-hydrogen) atoms. The van der Waals surface area contributed by atoms with Crippen LogP contribution in [0.1, 0.15) is 32.8 Å². The molecule has 12 heteroatoms. The van der Waals surface area contributed by atoms with Crippen molar-refractivity contribution >= 4 is 33.2 Å². The Morgan fingerprint density at radius 2 is 1.66 bits per heavy atom. The SMILES string of the molecule is CC[C@@H](C)NC(=O)[C@H](C)N(Cc1ccc(OC)cc1)C(=O)CN(c1cccc([N+](=O)[O-])c1)S(=O)(=O)c1ccccc1. The monoisotopic (exact) mass is 582 g/mol. The van der Waals surface area contributed by atoms with Gasteiger partial charge in [0.2, 0.25) is 11.8 Å². The van der Waals surface area contributed by atoms with E-state index in [2.05, 4.69) is 5.32 Å². The van der Waals surface area contributed by atoms with Gasteiger partial charge in [0.05, 0.1) is 22.6 Å². The number of anilines is 1. The molecule has 0 radical (unpaired) electrons. The van der Waals surface area contributed by atoms with E-state index in [4.69, 9.17) is 4.74 Å². The van der Waals surface area contributed by atoms with E-state index in [0.717, 1.165) is 10.4 Å². The Balaban J connectivity index is 2.05. The molecule has 218 valence electrons. The van der Waals surface area contributed by atoms with Crippen LogP contribution in [-0.2, 0) is 26.2 Å². The van der Waals surface area contributed by atoms with Crippen molar-refractivity contribution in [2.75, 3.05) is 18.0 Å². The molecule has 3 rings (SSSR count). The maximum absolute atomic E-state index is 13.9. The maximum Gasteiger partial charge on any atom is 0.271 e. The fourth-order valence-corrected chi connectivity index (χ4v) is 5.41. The number of benzene rings is 3. The zero-order valence-corrected chi connectivity index (χ0v) is 24.2. The highest BCUT2D eigenvalue weighted by Crippen LogP contribution is 2.27. The Morgan fingerprint density at radius 3 is 2.24 bits per heavy atom. The zero-order valence-electron chi connectivity index (χ0n) is 23.4. The maximum atomic E-state index is 13.9. The number of nitro groups is 1. The molecule has 0 fully saturated rings. The largest absolute Gasteiger partial charge is 0.497 e. The van der Waals surface area contributed by atoms with Crippen LogP contribution >= 0.6 is 0 Å². The number of carbonyl (C=O) groups excluding carboxylic acids is 2. The number of hydrogen-bond donors (Lipinski definition) is 1. The first kappa shape index (κ1) is 31.1. The summed E-state index contributed by atoms with van der Waals surface area (Å²) in [5.41, 5.74) is 0.298. The second-order valence-electron chi connectivity index (χ2n) is 9.47. The van der Waals surface area contributed by atoms with E-state index < -0.39 is 39.3 Å². The molecule has 0 bridgehead atoms. The standard InChI is InChI=1S/C29H34N4O7S/c1-5-21(2)30-29(35)22(3)31(19-23-14-16-26(40-4)17-15-23)28(34)20-32(24-10-9-11-25(18-24)33(36)37)41(38,39)27-12-7-6-8-13-27/h6-18,21-22H,5,19-20H2,1-4H3,(H,30,35)/t21-,22+/m1/s1. The number of methoxy groups -OCH3 is 1. The van der Waals surface area contributed by atoms with Gasteiger partial charge in [0.25, 0.3) is 15.7 Å². The first-order valence-electron chi connectivity index (χ1n) is 13.0. The second kappa shape index (κ2) is 13.8. The first-order valence-corrected chi connectivity index (χ1v) is 14.5. The van der Waals surface area contributed by atoms with Crippen molar-refractivity contribution < 1.29 is 27.7 Å². The molecule has 3 aromatic rings. The van der Waals surface area contributed by atoms with E-state index in [1.807, 2.05) is 13.8 Å². The number of carbonyl (C=O) groups is 2. The number of non-ortho nitro benzene ring substituents is 1. The fourth-order valence-electron chi connectivity index (χ4n) is 3.99. The molecule has 0 aliphatic carbocycles. The van der Waals surface area contributed by atoms with E-state index in [0.29, 0.717) is 17.7 Å². The molecule has 1 N–H and O–H groups in total. The summed E-state index contributed by atoms with van der Waals surface area (Å²) in [5, 5.41) is 14.3. The van der Waals surface area contributed by atoms with Gasteiger partial charge in [-0.05, 0) is 56.2 Å². The Morgan fingerprint density at radius 1 is 1.00 bits per heavy atom. The molecule has 11 nitrogen and oxygen atoms in total. The van der Waals surface area contributed by atoms with E-state index in [1.54, 1.807) is 37.3 Å². The number of ether oxygens (including phenoxy) is 1. The number of rotatable bonds is 13. The van der Waals surface area contributed by atoms with Gasteiger partial charge < -0.3 is 15.0 Å². The number of sulfonamides is 1. The van der Waals surface area contributed by atoms with Crippen molar-refractivity contribution in [1.82, 2.24) is 10.2 Å². The van der Waals surface area contributed by atoms with Gasteiger partial charge in [-0.1, -0.05) is 43.3 Å². The third-order valence-corrected chi connectivity index (χ3v) is 8.41. The molecule has 2 atom stereocenters. The zero-order chi connectivity index (χ0) is 30.2. The van der Waals surface area contributed by atoms with Crippen LogP contribution in [-0.4, -0.2) is 55.8 Å². The van der Waals surface area contributed by atoms with E-state index in [1.165, 1.54) is 54.5 Å². The van der Waals surface area contributed by atoms with Crippen LogP contribution < -0.4 is 14.4 Å². The van der Waals surface area contributed by atoms with Crippen LogP contribution in [0.25, 0.3) is 0 Å². The van der Waals surface area contributed by atoms with Gasteiger partial charge >= 0.3 is 0 Å². The van der Waals surface area contributed by atoms with Crippen molar-refractivity contribution in [1.29, 1.82) is 0 Å². The van der Waals surface area contributed by atoms with Gasteiger partial charge in [-0.3, -0.25) is 24.0 Å². The molecule has 0 aromatic heterocycles. The average molecular weight is 583 g/mol. The van der Waals surface area contributed by atoms with Crippen LogP contribution in [0.2, 0.25) is 0 Å². The Labute approximate surface area is 239 Å². The number of hydrogen-bond acceptors (Lipinski definition) is 7. The molecule has 3 aromatic carbocycles. The molecule has 0 aliphatic rings. The molecule has 0 spiro atoms. The highest BCUT2D eigenvalue weighted by molar-refractivity contribution is 7.92. The number of amides is 2. The molecule has 0 heterocycles. The summed E-state index contributed by atoms with van der Waals surface area (Å²) in [7, 11) is -2.80. The second-order valence-corrected chi connectivity index (χ2v) is 11.3. The van der Waals surface area contributed by atoms with Gasteiger partial charge in [-0.2, -0.15) is 0 Å². The lowest BCUT2D eigenvalue weighted by atomic mass is 10.1. The van der Waals surface area contributed by atoms with Crippen molar-refractivity contribution in [2.45, 2.75) is 50.7 Å². The number of nitro benzene ring substituents is 1. The summed E-state index contributed by atoms with van der Waals surface area (Å²) in [6, 6.07) is 18.4. The minimum atomic E-state index is -4.33. The van der Waals surface area contributed by atoms with E-state index in [-0.39, 0.29) is 28.9 Å². The third kappa shape index (κ3) is 7.82. The minimum Gasteiger partial charge on any atom is -0.497 e. The lowest BCUT2D eigenvalue weighted by Gasteiger charge is -2.32. The van der Waals surface area contributed by atoms with Crippen LogP contribution in [0.3, 0.4) is 0 Å². The summed E-state index contributed by atoms with van der Waals surface area (Å²) in [5.74, 6) is -0.451. The first-order chi connectivity index (χ1) is 19.5. The molecule has 0 saturated carbocycles. The van der Waals surface area contributed by atoms with Crippen LogP contribution in [0.5, 0.6) is 5.75 Å². The highest BCUT2D eigenvalue weighted by atomic mass is 32.2. The van der Waals surface area contributed by atoms with Crippen molar-refractivity contribution in [2.24, 2.45) is 0 Å². The average Bonchev–Trinajstić information content (AvgIpc) is 2.98.